The quantitative estimate of drug-likeness (QED) is 0.512. The number of fused-ring (bicyclic) bond motifs is 1. The lowest BCUT2D eigenvalue weighted by Gasteiger charge is -2.29. The molecular formula is C22H34. The van der Waals surface area contributed by atoms with Crippen molar-refractivity contribution < 1.29 is 0 Å². The van der Waals surface area contributed by atoms with Crippen molar-refractivity contribution in [2.24, 2.45) is 5.41 Å². The lowest BCUT2D eigenvalue weighted by molar-refractivity contribution is 0.365. The van der Waals surface area contributed by atoms with Gasteiger partial charge in [0.25, 0.3) is 0 Å². The molecule has 0 amide bonds. The molecule has 0 N–H and O–H groups in total. The summed E-state index contributed by atoms with van der Waals surface area (Å²) in [6, 6.07) is 7.26. The fraction of sp³-hybridized carbons (Fsp3) is 0.636. The third-order valence-corrected chi connectivity index (χ3v) is 6.47. The highest BCUT2D eigenvalue weighted by Gasteiger charge is 2.30. The van der Waals surface area contributed by atoms with Crippen molar-refractivity contribution in [3.05, 3.63) is 40.5 Å². The summed E-state index contributed by atoms with van der Waals surface area (Å²) in [5, 5.41) is 0. The van der Waals surface area contributed by atoms with Crippen LogP contribution in [0.4, 0.5) is 0 Å². The summed E-state index contributed by atoms with van der Waals surface area (Å²) in [7, 11) is 0. The zero-order valence-corrected chi connectivity index (χ0v) is 15.6. The van der Waals surface area contributed by atoms with Gasteiger partial charge in [0.05, 0.1) is 0 Å². The standard InChI is InChI=1S/C22H34/c1-7-13-22(6,10-4)19-12-11-17-14-20(16-18(17)15-19)21(5,8-2)9-3/h11-12,15-16H,7-10,13-14H2,1-6H3. The summed E-state index contributed by atoms with van der Waals surface area (Å²) in [4.78, 5) is 0. The molecule has 0 saturated carbocycles. The van der Waals surface area contributed by atoms with E-state index in [2.05, 4.69) is 65.8 Å². The van der Waals surface area contributed by atoms with Crippen molar-refractivity contribution in [2.45, 2.75) is 85.5 Å². The van der Waals surface area contributed by atoms with E-state index in [1.165, 1.54) is 48.8 Å². The summed E-state index contributed by atoms with van der Waals surface area (Å²) in [6.45, 7) is 14.1. The second-order valence-electron chi connectivity index (χ2n) is 7.69. The van der Waals surface area contributed by atoms with Crippen LogP contribution in [0, 0.1) is 5.41 Å². The van der Waals surface area contributed by atoms with Crippen molar-refractivity contribution in [2.75, 3.05) is 0 Å². The second-order valence-corrected chi connectivity index (χ2v) is 7.69. The molecule has 0 aliphatic heterocycles. The van der Waals surface area contributed by atoms with E-state index in [4.69, 9.17) is 0 Å². The zero-order valence-electron chi connectivity index (χ0n) is 15.6. The Kier molecular flexibility index (Phi) is 5.20. The van der Waals surface area contributed by atoms with Gasteiger partial charge in [-0.1, -0.05) is 77.8 Å². The first-order valence-corrected chi connectivity index (χ1v) is 9.27. The van der Waals surface area contributed by atoms with E-state index in [9.17, 15) is 0 Å². The number of allylic oxidation sites excluding steroid dienone is 1. The van der Waals surface area contributed by atoms with E-state index in [0.717, 1.165) is 6.42 Å². The van der Waals surface area contributed by atoms with Crippen LogP contribution in [0.15, 0.2) is 23.8 Å². The molecular weight excluding hydrogens is 264 g/mol. The van der Waals surface area contributed by atoms with Gasteiger partial charge in [-0.2, -0.15) is 0 Å². The molecule has 22 heavy (non-hydrogen) atoms. The maximum atomic E-state index is 2.49. The van der Waals surface area contributed by atoms with E-state index < -0.39 is 0 Å². The Balaban J connectivity index is 2.36. The smallest absolute Gasteiger partial charge is 0.00524 e. The molecule has 0 aromatic heterocycles. The van der Waals surface area contributed by atoms with Crippen LogP contribution in [0.1, 0.15) is 90.3 Å². The summed E-state index contributed by atoms with van der Waals surface area (Å²) in [5.41, 5.74) is 6.88. The molecule has 0 heteroatoms. The van der Waals surface area contributed by atoms with Gasteiger partial charge in [-0.3, -0.25) is 0 Å². The first-order chi connectivity index (χ1) is 10.4. The van der Waals surface area contributed by atoms with Gasteiger partial charge in [-0.05, 0) is 59.6 Å². The molecule has 0 saturated heterocycles. The third kappa shape index (κ3) is 3.03. The molecule has 1 aromatic rings. The van der Waals surface area contributed by atoms with Crippen LogP contribution in [0.2, 0.25) is 0 Å². The van der Waals surface area contributed by atoms with Crippen LogP contribution in [0.3, 0.4) is 0 Å². The lowest BCUT2D eigenvalue weighted by atomic mass is 9.76. The summed E-state index contributed by atoms with van der Waals surface area (Å²) < 4.78 is 0. The molecule has 1 unspecified atom stereocenters. The maximum Gasteiger partial charge on any atom is -0.00524 e. The van der Waals surface area contributed by atoms with Crippen LogP contribution in [-0.4, -0.2) is 0 Å². The van der Waals surface area contributed by atoms with Crippen molar-refractivity contribution in [1.29, 1.82) is 0 Å². The molecule has 122 valence electrons. The van der Waals surface area contributed by atoms with Crippen LogP contribution in [0.5, 0.6) is 0 Å². The van der Waals surface area contributed by atoms with E-state index in [1.807, 2.05) is 0 Å². The molecule has 1 atom stereocenters. The monoisotopic (exact) mass is 298 g/mol. The minimum absolute atomic E-state index is 0.333. The van der Waals surface area contributed by atoms with Crippen LogP contribution in [-0.2, 0) is 11.8 Å². The van der Waals surface area contributed by atoms with Gasteiger partial charge in [-0.25, -0.2) is 0 Å². The van der Waals surface area contributed by atoms with Gasteiger partial charge >= 0.3 is 0 Å². The molecule has 0 bridgehead atoms. The van der Waals surface area contributed by atoms with Crippen molar-refractivity contribution in [1.82, 2.24) is 0 Å². The molecule has 0 spiro atoms. The van der Waals surface area contributed by atoms with Crippen LogP contribution in [0.25, 0.3) is 6.08 Å². The SMILES string of the molecule is CCCC(C)(CC)c1ccc2c(c1)C=C(C(C)(CC)CC)C2. The van der Waals surface area contributed by atoms with Gasteiger partial charge in [0.1, 0.15) is 0 Å². The Labute approximate surface area is 138 Å². The summed E-state index contributed by atoms with van der Waals surface area (Å²) >= 11 is 0. The van der Waals surface area contributed by atoms with Crippen molar-refractivity contribution in [3.8, 4) is 0 Å². The highest BCUT2D eigenvalue weighted by molar-refractivity contribution is 5.66. The number of hydrogen-bond donors (Lipinski definition) is 0. The first kappa shape index (κ1) is 17.3. The topological polar surface area (TPSA) is 0 Å². The molecule has 1 aliphatic carbocycles. The van der Waals surface area contributed by atoms with Gasteiger partial charge < -0.3 is 0 Å². The normalized spacial score (nSPS) is 17.1. The van der Waals surface area contributed by atoms with Gasteiger partial charge in [0.15, 0.2) is 0 Å². The largest absolute Gasteiger partial charge is 0.0654 e. The molecule has 0 heterocycles. The van der Waals surface area contributed by atoms with Crippen molar-refractivity contribution >= 4 is 6.08 Å². The average Bonchev–Trinajstić information content (AvgIpc) is 2.97. The minimum atomic E-state index is 0.333. The van der Waals surface area contributed by atoms with Gasteiger partial charge in [0.2, 0.25) is 0 Å². The van der Waals surface area contributed by atoms with E-state index in [1.54, 1.807) is 5.57 Å². The lowest BCUT2D eigenvalue weighted by Crippen LogP contribution is -2.20. The molecule has 0 radical (unpaired) electrons. The highest BCUT2D eigenvalue weighted by atomic mass is 14.3. The summed E-state index contributed by atoms with van der Waals surface area (Å²) in [5.74, 6) is 0. The van der Waals surface area contributed by atoms with E-state index in [0.29, 0.717) is 10.8 Å². The van der Waals surface area contributed by atoms with E-state index >= 15 is 0 Å². The molecule has 2 rings (SSSR count). The molecule has 0 nitrogen and oxygen atoms in total. The average molecular weight is 299 g/mol. The Morgan fingerprint density at radius 1 is 0.909 bits per heavy atom. The Hall–Kier alpha value is -1.04. The van der Waals surface area contributed by atoms with Crippen LogP contribution < -0.4 is 0 Å². The fourth-order valence-corrected chi connectivity index (χ4v) is 3.88. The predicted octanol–water partition coefficient (Wildman–Crippen LogP) is 6.92. The zero-order chi connectivity index (χ0) is 16.4. The van der Waals surface area contributed by atoms with Gasteiger partial charge in [0, 0.05) is 0 Å². The van der Waals surface area contributed by atoms with Crippen LogP contribution >= 0.6 is 0 Å². The van der Waals surface area contributed by atoms with Crippen molar-refractivity contribution in [3.63, 3.8) is 0 Å². The van der Waals surface area contributed by atoms with Gasteiger partial charge in [-0.15, -0.1) is 0 Å². The van der Waals surface area contributed by atoms with E-state index in [-0.39, 0.29) is 0 Å². The molecule has 1 aromatic carbocycles. The number of hydrogen-bond acceptors (Lipinski definition) is 0. The Morgan fingerprint density at radius 2 is 1.55 bits per heavy atom. The molecule has 0 fully saturated rings. The Bertz CT molecular complexity index is 545. The number of benzene rings is 1. The Morgan fingerprint density at radius 3 is 2.09 bits per heavy atom. The first-order valence-electron chi connectivity index (χ1n) is 9.27. The fourth-order valence-electron chi connectivity index (χ4n) is 3.88. The third-order valence-electron chi connectivity index (χ3n) is 6.47. The maximum absolute atomic E-state index is 2.49. The minimum Gasteiger partial charge on any atom is -0.0654 e. The summed E-state index contributed by atoms with van der Waals surface area (Å²) in [6.07, 6.45) is 9.88. The second kappa shape index (κ2) is 6.60. The predicted molar refractivity (Wildman–Crippen MR) is 99.4 cm³/mol. The molecule has 1 aliphatic rings. The highest BCUT2D eigenvalue weighted by Crippen LogP contribution is 2.43. The number of rotatable bonds is 7.